The molecule has 3 heteroatoms. The lowest BCUT2D eigenvalue weighted by molar-refractivity contribution is 0.302. The van der Waals surface area contributed by atoms with E-state index in [0.29, 0.717) is 0 Å². The lowest BCUT2D eigenvalue weighted by Gasteiger charge is -2.32. The Hall–Kier alpha value is -1.09. The maximum absolute atomic E-state index is 4.18. The van der Waals surface area contributed by atoms with Crippen molar-refractivity contribution >= 4 is 5.84 Å². The summed E-state index contributed by atoms with van der Waals surface area (Å²) in [5.74, 6) is 1.02. The molecule has 0 aromatic heterocycles. The Morgan fingerprint density at radius 2 is 2.17 bits per heavy atom. The number of hydrogen-bond acceptors (Lipinski definition) is 2. The Morgan fingerprint density at radius 3 is 2.75 bits per heavy atom. The van der Waals surface area contributed by atoms with E-state index in [-0.39, 0.29) is 0 Å². The standard InChI is InChI=1S/C9H15N3/c1-4-10-9-8-11(3)6-7-12(9)5-2/h4-5H,1-2,6-8H2,3H3. The minimum Gasteiger partial charge on any atom is -0.335 e. The molecule has 0 amide bonds. The van der Waals surface area contributed by atoms with Gasteiger partial charge >= 0.3 is 0 Å². The first-order valence-corrected chi connectivity index (χ1v) is 4.03. The van der Waals surface area contributed by atoms with Crippen molar-refractivity contribution in [3.05, 3.63) is 25.6 Å². The molecule has 1 aliphatic heterocycles. The highest BCUT2D eigenvalue weighted by molar-refractivity contribution is 5.86. The van der Waals surface area contributed by atoms with Gasteiger partial charge in [0.05, 0.1) is 6.54 Å². The van der Waals surface area contributed by atoms with Crippen LogP contribution in [0.1, 0.15) is 0 Å². The maximum Gasteiger partial charge on any atom is 0.122 e. The third-order valence-corrected chi connectivity index (χ3v) is 1.93. The van der Waals surface area contributed by atoms with Crippen LogP contribution in [0, 0.1) is 0 Å². The number of nitrogens with zero attached hydrogens (tertiary/aromatic N) is 3. The number of likely N-dealkylation sites (N-methyl/N-ethyl adjacent to an activating group) is 1. The number of hydrogen-bond donors (Lipinski definition) is 0. The highest BCUT2D eigenvalue weighted by Crippen LogP contribution is 2.02. The zero-order valence-electron chi connectivity index (χ0n) is 7.53. The van der Waals surface area contributed by atoms with Crippen LogP contribution in [-0.4, -0.2) is 42.3 Å². The van der Waals surface area contributed by atoms with Gasteiger partial charge in [-0.15, -0.1) is 0 Å². The first-order valence-electron chi connectivity index (χ1n) is 4.03. The fourth-order valence-corrected chi connectivity index (χ4v) is 1.24. The fraction of sp³-hybridized carbons (Fsp3) is 0.444. The Balaban J connectivity index is 2.70. The fourth-order valence-electron chi connectivity index (χ4n) is 1.24. The van der Waals surface area contributed by atoms with Crippen molar-refractivity contribution in [2.75, 3.05) is 26.7 Å². The summed E-state index contributed by atoms with van der Waals surface area (Å²) >= 11 is 0. The van der Waals surface area contributed by atoms with Gasteiger partial charge in [-0.3, -0.25) is 4.90 Å². The molecule has 1 saturated heterocycles. The molecule has 1 rings (SSSR count). The summed E-state index contributed by atoms with van der Waals surface area (Å²) in [6.45, 7) is 10.2. The zero-order chi connectivity index (χ0) is 8.97. The summed E-state index contributed by atoms with van der Waals surface area (Å²) in [5.41, 5.74) is 0. The number of rotatable bonds is 2. The lowest BCUT2D eigenvalue weighted by atomic mass is 10.3. The van der Waals surface area contributed by atoms with Crippen molar-refractivity contribution in [1.82, 2.24) is 9.80 Å². The van der Waals surface area contributed by atoms with Crippen molar-refractivity contribution in [3.63, 3.8) is 0 Å². The van der Waals surface area contributed by atoms with Gasteiger partial charge in [-0.05, 0) is 13.2 Å². The van der Waals surface area contributed by atoms with E-state index < -0.39 is 0 Å². The second-order valence-corrected chi connectivity index (χ2v) is 2.84. The third-order valence-electron chi connectivity index (χ3n) is 1.93. The second-order valence-electron chi connectivity index (χ2n) is 2.84. The van der Waals surface area contributed by atoms with Crippen molar-refractivity contribution in [3.8, 4) is 0 Å². The van der Waals surface area contributed by atoms with Gasteiger partial charge in [0.25, 0.3) is 0 Å². The van der Waals surface area contributed by atoms with Crippen molar-refractivity contribution in [2.24, 2.45) is 4.99 Å². The van der Waals surface area contributed by atoms with Gasteiger partial charge in [0.15, 0.2) is 0 Å². The summed E-state index contributed by atoms with van der Waals surface area (Å²) in [5, 5.41) is 0. The highest BCUT2D eigenvalue weighted by Gasteiger charge is 2.16. The molecule has 0 saturated carbocycles. The van der Waals surface area contributed by atoms with Gasteiger partial charge in [-0.25, -0.2) is 4.99 Å². The molecule has 0 aromatic carbocycles. The van der Waals surface area contributed by atoms with Crippen LogP contribution < -0.4 is 0 Å². The van der Waals surface area contributed by atoms with Gasteiger partial charge in [0.2, 0.25) is 0 Å². The molecule has 1 aliphatic rings. The monoisotopic (exact) mass is 165 g/mol. The van der Waals surface area contributed by atoms with Crippen LogP contribution in [0.25, 0.3) is 0 Å². The second kappa shape index (κ2) is 4.07. The minimum atomic E-state index is 0.873. The highest BCUT2D eigenvalue weighted by atomic mass is 15.3. The predicted molar refractivity (Wildman–Crippen MR) is 52.0 cm³/mol. The molecule has 0 unspecified atom stereocenters. The molecule has 1 heterocycles. The number of aliphatic imine (C=N–C) groups is 1. The summed E-state index contributed by atoms with van der Waals surface area (Å²) in [4.78, 5) is 8.46. The van der Waals surface area contributed by atoms with Crippen LogP contribution >= 0.6 is 0 Å². The van der Waals surface area contributed by atoms with E-state index in [1.165, 1.54) is 0 Å². The SMILES string of the molecule is C=CN=C1CN(C)CCN1C=C. The lowest BCUT2D eigenvalue weighted by Crippen LogP contribution is -2.46. The van der Waals surface area contributed by atoms with E-state index in [0.717, 1.165) is 25.5 Å². The smallest absolute Gasteiger partial charge is 0.122 e. The minimum absolute atomic E-state index is 0.873. The van der Waals surface area contributed by atoms with Gasteiger partial charge < -0.3 is 4.90 Å². The summed E-state index contributed by atoms with van der Waals surface area (Å²) in [6.07, 6.45) is 3.39. The first-order chi connectivity index (χ1) is 5.77. The molecule has 66 valence electrons. The molecule has 0 spiro atoms. The molecule has 0 aliphatic carbocycles. The van der Waals surface area contributed by atoms with Crippen LogP contribution in [0.3, 0.4) is 0 Å². The molecule has 3 nitrogen and oxygen atoms in total. The first kappa shape index (κ1) is 9.00. The van der Waals surface area contributed by atoms with E-state index in [1.54, 1.807) is 6.20 Å². The van der Waals surface area contributed by atoms with Crippen molar-refractivity contribution in [2.45, 2.75) is 0 Å². The predicted octanol–water partition coefficient (Wildman–Crippen LogP) is 0.919. The van der Waals surface area contributed by atoms with E-state index in [2.05, 4.69) is 35.0 Å². The van der Waals surface area contributed by atoms with Gasteiger partial charge in [0, 0.05) is 19.3 Å². The molecular formula is C9H15N3. The van der Waals surface area contributed by atoms with Crippen LogP contribution in [0.2, 0.25) is 0 Å². The zero-order valence-corrected chi connectivity index (χ0v) is 7.53. The van der Waals surface area contributed by atoms with Crippen LogP contribution in [-0.2, 0) is 0 Å². The van der Waals surface area contributed by atoms with Crippen LogP contribution in [0.4, 0.5) is 0 Å². The Labute approximate surface area is 73.7 Å². The van der Waals surface area contributed by atoms with E-state index in [9.17, 15) is 0 Å². The molecule has 0 N–H and O–H groups in total. The third kappa shape index (κ3) is 1.95. The van der Waals surface area contributed by atoms with E-state index >= 15 is 0 Å². The maximum atomic E-state index is 4.18. The van der Waals surface area contributed by atoms with Crippen molar-refractivity contribution < 1.29 is 0 Å². The number of piperazine rings is 1. The normalized spacial score (nSPS) is 22.8. The molecule has 0 bridgehead atoms. The van der Waals surface area contributed by atoms with E-state index in [4.69, 9.17) is 0 Å². The Morgan fingerprint density at radius 1 is 1.42 bits per heavy atom. The Kier molecular flexibility index (Phi) is 3.05. The van der Waals surface area contributed by atoms with Gasteiger partial charge in [0.1, 0.15) is 5.84 Å². The molecule has 1 fully saturated rings. The molecule has 12 heavy (non-hydrogen) atoms. The number of amidine groups is 1. The summed E-state index contributed by atoms with van der Waals surface area (Å²) in [6, 6.07) is 0. The van der Waals surface area contributed by atoms with Gasteiger partial charge in [-0.1, -0.05) is 13.2 Å². The molecule has 0 radical (unpaired) electrons. The van der Waals surface area contributed by atoms with Crippen LogP contribution in [0.5, 0.6) is 0 Å². The largest absolute Gasteiger partial charge is 0.335 e. The van der Waals surface area contributed by atoms with Gasteiger partial charge in [-0.2, -0.15) is 0 Å². The molecular weight excluding hydrogens is 150 g/mol. The molecule has 0 atom stereocenters. The van der Waals surface area contributed by atoms with Crippen molar-refractivity contribution in [1.29, 1.82) is 0 Å². The topological polar surface area (TPSA) is 18.8 Å². The average Bonchev–Trinajstić information content (AvgIpc) is 2.05. The molecule has 0 aromatic rings. The quantitative estimate of drug-likeness (QED) is 0.606. The Bertz CT molecular complexity index is 208. The average molecular weight is 165 g/mol. The van der Waals surface area contributed by atoms with Crippen LogP contribution in [0.15, 0.2) is 30.6 Å². The van der Waals surface area contributed by atoms with E-state index in [1.807, 2.05) is 6.20 Å². The summed E-state index contributed by atoms with van der Waals surface area (Å²) < 4.78 is 0. The summed E-state index contributed by atoms with van der Waals surface area (Å²) in [7, 11) is 2.08.